The number of piperidine rings is 1. The molecule has 2 amide bonds. The van der Waals surface area contributed by atoms with Crippen molar-refractivity contribution in [1.29, 1.82) is 0 Å². The summed E-state index contributed by atoms with van der Waals surface area (Å²) in [6.45, 7) is 3.33. The number of carbonyl (C=O) groups is 2. The number of primary amides is 1. The van der Waals surface area contributed by atoms with E-state index in [1.54, 1.807) is 6.08 Å². The summed E-state index contributed by atoms with van der Waals surface area (Å²) in [5.41, 5.74) is 7.10. The van der Waals surface area contributed by atoms with E-state index in [2.05, 4.69) is 10.2 Å². The van der Waals surface area contributed by atoms with E-state index in [1.165, 1.54) is 6.08 Å². The van der Waals surface area contributed by atoms with Crippen LogP contribution in [-0.2, 0) is 9.59 Å². The number of nitrogens with zero attached hydrogens (tertiary/aromatic N) is 1. The van der Waals surface area contributed by atoms with Gasteiger partial charge in [-0.25, -0.2) is 0 Å². The minimum Gasteiger partial charge on any atom is -0.462 e. The van der Waals surface area contributed by atoms with Crippen molar-refractivity contribution in [3.63, 3.8) is 0 Å². The van der Waals surface area contributed by atoms with Gasteiger partial charge in [-0.15, -0.1) is 0 Å². The van der Waals surface area contributed by atoms with Crippen LogP contribution < -0.4 is 16.0 Å². The van der Waals surface area contributed by atoms with Gasteiger partial charge in [0.15, 0.2) is 0 Å². The molecular weight excluding hydrogens is 330 g/mol. The standard InChI is InChI=1S/C20H23N3O3/c1-14-6-7-16(26-14)8-9-19(24)22-17-4-2-3-5-18(17)23-12-10-15(11-13-23)20(21)25/h2-9,15H,10-13H2,1H3,(H2,21,25)(H,22,24)/b9-8+. The molecule has 0 radical (unpaired) electrons. The van der Waals surface area contributed by atoms with Crippen molar-refractivity contribution in [2.45, 2.75) is 19.8 Å². The fraction of sp³-hybridized carbons (Fsp3) is 0.300. The number of rotatable bonds is 5. The molecule has 1 fully saturated rings. The smallest absolute Gasteiger partial charge is 0.248 e. The fourth-order valence-electron chi connectivity index (χ4n) is 3.14. The zero-order chi connectivity index (χ0) is 18.5. The van der Waals surface area contributed by atoms with Crippen molar-refractivity contribution < 1.29 is 14.0 Å². The average Bonchev–Trinajstić information content (AvgIpc) is 3.06. The Kier molecular flexibility index (Phi) is 5.41. The van der Waals surface area contributed by atoms with Crippen LogP contribution in [0.4, 0.5) is 11.4 Å². The van der Waals surface area contributed by atoms with Crippen LogP contribution in [-0.4, -0.2) is 24.9 Å². The molecule has 0 aliphatic carbocycles. The van der Waals surface area contributed by atoms with Crippen molar-refractivity contribution >= 4 is 29.3 Å². The maximum atomic E-state index is 12.2. The van der Waals surface area contributed by atoms with Gasteiger partial charge < -0.3 is 20.4 Å². The first kappa shape index (κ1) is 17.8. The molecule has 26 heavy (non-hydrogen) atoms. The van der Waals surface area contributed by atoms with E-state index in [9.17, 15) is 9.59 Å². The van der Waals surface area contributed by atoms with E-state index >= 15 is 0 Å². The van der Waals surface area contributed by atoms with Gasteiger partial charge in [-0.2, -0.15) is 0 Å². The van der Waals surface area contributed by atoms with Crippen LogP contribution in [0.3, 0.4) is 0 Å². The number of nitrogens with two attached hydrogens (primary N) is 1. The van der Waals surface area contributed by atoms with Gasteiger partial charge in [-0.3, -0.25) is 9.59 Å². The molecule has 3 N–H and O–H groups in total. The maximum Gasteiger partial charge on any atom is 0.248 e. The van der Waals surface area contributed by atoms with Crippen molar-refractivity contribution in [3.8, 4) is 0 Å². The predicted molar refractivity (Wildman–Crippen MR) is 102 cm³/mol. The second-order valence-electron chi connectivity index (χ2n) is 6.45. The molecule has 1 aromatic carbocycles. The molecule has 0 spiro atoms. The van der Waals surface area contributed by atoms with Gasteiger partial charge in [-0.1, -0.05) is 12.1 Å². The molecule has 136 valence electrons. The van der Waals surface area contributed by atoms with Crippen molar-refractivity contribution in [1.82, 2.24) is 0 Å². The molecular formula is C20H23N3O3. The van der Waals surface area contributed by atoms with Gasteiger partial charge in [-0.05, 0) is 50.1 Å². The Hall–Kier alpha value is -3.02. The lowest BCUT2D eigenvalue weighted by atomic mass is 9.96. The molecule has 6 heteroatoms. The predicted octanol–water partition coefficient (Wildman–Crippen LogP) is 2.94. The third-order valence-electron chi connectivity index (χ3n) is 4.56. The summed E-state index contributed by atoms with van der Waals surface area (Å²) < 4.78 is 5.42. The van der Waals surface area contributed by atoms with E-state index in [0.717, 1.165) is 43.1 Å². The average molecular weight is 353 g/mol. The van der Waals surface area contributed by atoms with Crippen molar-refractivity contribution in [3.05, 3.63) is 54.0 Å². The second-order valence-corrected chi connectivity index (χ2v) is 6.45. The van der Waals surface area contributed by atoms with Crippen LogP contribution in [0.25, 0.3) is 6.08 Å². The number of carbonyl (C=O) groups excluding carboxylic acids is 2. The lowest BCUT2D eigenvalue weighted by Gasteiger charge is -2.33. The first-order chi connectivity index (χ1) is 12.5. The van der Waals surface area contributed by atoms with Gasteiger partial charge >= 0.3 is 0 Å². The Balaban J connectivity index is 1.66. The summed E-state index contributed by atoms with van der Waals surface area (Å²) in [4.78, 5) is 25.8. The Morgan fingerprint density at radius 3 is 2.58 bits per heavy atom. The summed E-state index contributed by atoms with van der Waals surface area (Å²) >= 11 is 0. The van der Waals surface area contributed by atoms with Crippen molar-refractivity contribution in [2.75, 3.05) is 23.3 Å². The van der Waals surface area contributed by atoms with E-state index in [0.29, 0.717) is 5.76 Å². The maximum absolute atomic E-state index is 12.2. The third kappa shape index (κ3) is 4.33. The SMILES string of the molecule is Cc1ccc(/C=C/C(=O)Nc2ccccc2N2CCC(C(N)=O)CC2)o1. The second kappa shape index (κ2) is 7.91. The van der Waals surface area contributed by atoms with Gasteiger partial charge in [0.25, 0.3) is 0 Å². The molecule has 6 nitrogen and oxygen atoms in total. The Labute approximate surface area is 152 Å². The molecule has 0 unspecified atom stereocenters. The highest BCUT2D eigenvalue weighted by atomic mass is 16.3. The molecule has 2 heterocycles. The minimum atomic E-state index is -0.232. The van der Waals surface area contributed by atoms with Crippen LogP contribution in [0.15, 0.2) is 46.9 Å². The van der Waals surface area contributed by atoms with Crippen LogP contribution >= 0.6 is 0 Å². The first-order valence-corrected chi connectivity index (χ1v) is 8.72. The third-order valence-corrected chi connectivity index (χ3v) is 4.56. The van der Waals surface area contributed by atoms with Crippen LogP contribution in [0, 0.1) is 12.8 Å². The van der Waals surface area contributed by atoms with Crippen LogP contribution in [0.2, 0.25) is 0 Å². The normalized spacial score (nSPS) is 15.3. The van der Waals surface area contributed by atoms with Gasteiger partial charge in [0.1, 0.15) is 11.5 Å². The summed E-state index contributed by atoms with van der Waals surface area (Å²) in [6, 6.07) is 11.3. The lowest BCUT2D eigenvalue weighted by Crippen LogP contribution is -2.38. The van der Waals surface area contributed by atoms with E-state index in [4.69, 9.17) is 10.2 Å². The minimum absolute atomic E-state index is 0.0623. The zero-order valence-electron chi connectivity index (χ0n) is 14.8. The molecule has 1 aliphatic rings. The molecule has 0 bridgehead atoms. The number of hydrogen-bond acceptors (Lipinski definition) is 4. The van der Waals surface area contributed by atoms with Gasteiger partial charge in [0.05, 0.1) is 11.4 Å². The number of amides is 2. The lowest BCUT2D eigenvalue weighted by molar-refractivity contribution is -0.122. The Morgan fingerprint density at radius 1 is 1.19 bits per heavy atom. The molecule has 1 saturated heterocycles. The number of benzene rings is 1. The Bertz CT molecular complexity index is 817. The number of furan rings is 1. The fourth-order valence-corrected chi connectivity index (χ4v) is 3.14. The highest BCUT2D eigenvalue weighted by Crippen LogP contribution is 2.29. The highest BCUT2D eigenvalue weighted by molar-refractivity contribution is 6.03. The topological polar surface area (TPSA) is 88.6 Å². The monoisotopic (exact) mass is 353 g/mol. The number of aryl methyl sites for hydroxylation is 1. The molecule has 0 saturated carbocycles. The van der Waals surface area contributed by atoms with E-state index in [-0.39, 0.29) is 17.7 Å². The quantitative estimate of drug-likeness (QED) is 0.809. The van der Waals surface area contributed by atoms with Gasteiger partial charge in [0, 0.05) is 25.1 Å². The summed E-state index contributed by atoms with van der Waals surface area (Å²) in [6.07, 6.45) is 4.56. The molecule has 0 atom stereocenters. The summed E-state index contributed by atoms with van der Waals surface area (Å²) in [5, 5.41) is 2.92. The van der Waals surface area contributed by atoms with E-state index in [1.807, 2.05) is 43.3 Å². The number of para-hydroxylation sites is 2. The van der Waals surface area contributed by atoms with Crippen molar-refractivity contribution in [2.24, 2.45) is 11.7 Å². The molecule has 3 rings (SSSR count). The number of nitrogens with one attached hydrogen (secondary N) is 1. The highest BCUT2D eigenvalue weighted by Gasteiger charge is 2.24. The first-order valence-electron chi connectivity index (χ1n) is 8.72. The summed E-state index contributed by atoms with van der Waals surface area (Å²) in [7, 11) is 0. The van der Waals surface area contributed by atoms with Crippen LogP contribution in [0.1, 0.15) is 24.4 Å². The van der Waals surface area contributed by atoms with E-state index < -0.39 is 0 Å². The number of anilines is 2. The largest absolute Gasteiger partial charge is 0.462 e. The summed E-state index contributed by atoms with van der Waals surface area (Å²) in [5.74, 6) is 0.921. The number of hydrogen-bond donors (Lipinski definition) is 2. The molecule has 1 aliphatic heterocycles. The van der Waals surface area contributed by atoms with Gasteiger partial charge in [0.2, 0.25) is 11.8 Å². The Morgan fingerprint density at radius 2 is 1.92 bits per heavy atom. The van der Waals surface area contributed by atoms with Crippen LogP contribution in [0.5, 0.6) is 0 Å². The molecule has 2 aromatic rings. The zero-order valence-corrected chi connectivity index (χ0v) is 14.8. The molecule has 1 aromatic heterocycles.